The minimum atomic E-state index is -3.73. The minimum absolute atomic E-state index is 0.129. The van der Waals surface area contributed by atoms with Gasteiger partial charge in [-0.1, -0.05) is 12.1 Å². The van der Waals surface area contributed by atoms with Gasteiger partial charge in [-0.25, -0.2) is 27.8 Å². The van der Waals surface area contributed by atoms with E-state index in [2.05, 4.69) is 19.7 Å². The number of benzene rings is 1. The lowest BCUT2D eigenvalue weighted by Crippen LogP contribution is -2.16. The van der Waals surface area contributed by atoms with Gasteiger partial charge in [0.15, 0.2) is 0 Å². The summed E-state index contributed by atoms with van der Waals surface area (Å²) < 4.78 is 41.7. The van der Waals surface area contributed by atoms with Gasteiger partial charge >= 0.3 is 0 Å². The molecular formula is C15H14FN5O2S. The highest BCUT2D eigenvalue weighted by Gasteiger charge is 2.14. The highest BCUT2D eigenvalue weighted by Crippen LogP contribution is 2.14. The van der Waals surface area contributed by atoms with E-state index in [0.717, 1.165) is 0 Å². The molecule has 0 aliphatic heterocycles. The quantitative estimate of drug-likeness (QED) is 0.763. The van der Waals surface area contributed by atoms with Crippen LogP contribution in [0, 0.1) is 12.7 Å². The van der Waals surface area contributed by atoms with Gasteiger partial charge in [0, 0.05) is 18.5 Å². The molecule has 2 aromatic heterocycles. The second-order valence-corrected chi connectivity index (χ2v) is 6.82. The second-order valence-electron chi connectivity index (χ2n) is 5.10. The molecule has 7 nitrogen and oxygen atoms in total. The van der Waals surface area contributed by atoms with Gasteiger partial charge in [-0.15, -0.1) is 0 Å². The van der Waals surface area contributed by atoms with Crippen LogP contribution >= 0.6 is 0 Å². The molecule has 1 N–H and O–H groups in total. The van der Waals surface area contributed by atoms with Crippen molar-refractivity contribution in [1.82, 2.24) is 19.5 Å². The predicted molar refractivity (Wildman–Crippen MR) is 86.5 cm³/mol. The maximum absolute atomic E-state index is 13.2. The molecule has 0 aliphatic carbocycles. The standard InChI is InChI=1S/C15H14FN5O2S/c1-11-17-5-6-21(11)15-8-14(18-10-19-15)20-24(22,23)9-12-3-2-4-13(16)7-12/h2-8,10H,9H2,1H3,(H,18,19,20). The number of anilines is 1. The largest absolute Gasteiger partial charge is 0.288 e. The summed E-state index contributed by atoms with van der Waals surface area (Å²) in [5.74, 6) is 0.492. The first-order valence-corrected chi connectivity index (χ1v) is 8.65. The number of rotatable bonds is 5. The van der Waals surface area contributed by atoms with Crippen LogP contribution in [0.25, 0.3) is 5.82 Å². The molecular weight excluding hydrogens is 333 g/mol. The molecule has 3 rings (SSSR count). The summed E-state index contributed by atoms with van der Waals surface area (Å²) in [5, 5.41) is 0. The normalized spacial score (nSPS) is 11.4. The lowest BCUT2D eigenvalue weighted by Gasteiger charge is -2.09. The Kier molecular flexibility index (Phi) is 4.26. The van der Waals surface area contributed by atoms with Crippen molar-refractivity contribution in [3.8, 4) is 5.82 Å². The van der Waals surface area contributed by atoms with E-state index in [1.54, 1.807) is 30.0 Å². The topological polar surface area (TPSA) is 89.8 Å². The molecule has 0 saturated carbocycles. The van der Waals surface area contributed by atoms with Crippen molar-refractivity contribution in [2.24, 2.45) is 0 Å². The van der Waals surface area contributed by atoms with Crippen molar-refractivity contribution in [1.29, 1.82) is 0 Å². The van der Waals surface area contributed by atoms with E-state index in [4.69, 9.17) is 0 Å². The van der Waals surface area contributed by atoms with Crippen molar-refractivity contribution >= 4 is 15.8 Å². The Morgan fingerprint density at radius 3 is 2.75 bits per heavy atom. The predicted octanol–water partition coefficient (Wildman–Crippen LogP) is 2.05. The van der Waals surface area contributed by atoms with Gasteiger partial charge < -0.3 is 0 Å². The summed E-state index contributed by atoms with van der Waals surface area (Å²) in [5.41, 5.74) is 0.349. The number of aryl methyl sites for hydroxylation is 1. The number of sulfonamides is 1. The highest BCUT2D eigenvalue weighted by molar-refractivity contribution is 7.91. The zero-order chi connectivity index (χ0) is 17.2. The van der Waals surface area contributed by atoms with Crippen LogP contribution < -0.4 is 4.72 Å². The summed E-state index contributed by atoms with van der Waals surface area (Å²) in [6.45, 7) is 1.80. The Bertz CT molecular complexity index is 971. The SMILES string of the molecule is Cc1nccn1-c1cc(NS(=O)(=O)Cc2cccc(F)c2)ncn1. The molecule has 0 spiro atoms. The van der Waals surface area contributed by atoms with E-state index in [-0.39, 0.29) is 11.6 Å². The van der Waals surface area contributed by atoms with Crippen molar-refractivity contribution in [2.45, 2.75) is 12.7 Å². The molecule has 0 amide bonds. The van der Waals surface area contributed by atoms with Crippen LogP contribution in [-0.2, 0) is 15.8 Å². The van der Waals surface area contributed by atoms with E-state index in [1.165, 1.54) is 30.6 Å². The van der Waals surface area contributed by atoms with Gasteiger partial charge in [0.2, 0.25) is 10.0 Å². The second kappa shape index (κ2) is 6.36. The minimum Gasteiger partial charge on any atom is -0.288 e. The summed E-state index contributed by atoms with van der Waals surface area (Å²) in [7, 11) is -3.73. The molecule has 0 atom stereocenters. The lowest BCUT2D eigenvalue weighted by atomic mass is 10.2. The third kappa shape index (κ3) is 3.74. The molecule has 1 aromatic carbocycles. The summed E-state index contributed by atoms with van der Waals surface area (Å²) in [6.07, 6.45) is 4.59. The average molecular weight is 347 g/mol. The maximum Gasteiger partial charge on any atom is 0.238 e. The zero-order valence-corrected chi connectivity index (χ0v) is 13.5. The molecule has 24 heavy (non-hydrogen) atoms. The Morgan fingerprint density at radius 1 is 1.21 bits per heavy atom. The van der Waals surface area contributed by atoms with Crippen molar-refractivity contribution < 1.29 is 12.8 Å². The third-order valence-corrected chi connectivity index (χ3v) is 4.46. The highest BCUT2D eigenvalue weighted by atomic mass is 32.2. The Labute approximate surface area is 138 Å². The number of nitrogens with one attached hydrogen (secondary N) is 1. The molecule has 0 radical (unpaired) electrons. The average Bonchev–Trinajstić information content (AvgIpc) is 2.92. The van der Waals surface area contributed by atoms with E-state index >= 15 is 0 Å². The molecule has 0 saturated heterocycles. The van der Waals surface area contributed by atoms with Gasteiger partial charge in [-0.2, -0.15) is 0 Å². The summed E-state index contributed by atoms with van der Waals surface area (Å²) in [6, 6.07) is 6.94. The number of nitrogens with zero attached hydrogens (tertiary/aromatic N) is 4. The molecule has 124 valence electrons. The van der Waals surface area contributed by atoms with Gasteiger partial charge in [-0.3, -0.25) is 9.29 Å². The van der Waals surface area contributed by atoms with Crippen LogP contribution in [0.3, 0.4) is 0 Å². The van der Waals surface area contributed by atoms with Gasteiger partial charge in [0.05, 0.1) is 5.75 Å². The Morgan fingerprint density at radius 2 is 2.04 bits per heavy atom. The molecule has 0 unspecified atom stereocenters. The van der Waals surface area contributed by atoms with Gasteiger partial charge in [0.25, 0.3) is 0 Å². The van der Waals surface area contributed by atoms with Crippen molar-refractivity contribution in [3.05, 3.63) is 66.3 Å². The fourth-order valence-electron chi connectivity index (χ4n) is 2.20. The Hall–Kier alpha value is -2.81. The molecule has 0 fully saturated rings. The van der Waals surface area contributed by atoms with Gasteiger partial charge in [0.1, 0.15) is 29.6 Å². The van der Waals surface area contributed by atoms with E-state index in [0.29, 0.717) is 17.2 Å². The van der Waals surface area contributed by atoms with Crippen LogP contribution in [0.5, 0.6) is 0 Å². The maximum atomic E-state index is 13.2. The van der Waals surface area contributed by atoms with E-state index in [9.17, 15) is 12.8 Å². The Balaban J connectivity index is 1.81. The summed E-state index contributed by atoms with van der Waals surface area (Å²) >= 11 is 0. The number of halogens is 1. The zero-order valence-electron chi connectivity index (χ0n) is 12.7. The fraction of sp³-hybridized carbons (Fsp3) is 0.133. The summed E-state index contributed by atoms with van der Waals surface area (Å²) in [4.78, 5) is 12.1. The van der Waals surface area contributed by atoms with Gasteiger partial charge in [-0.05, 0) is 24.6 Å². The van der Waals surface area contributed by atoms with E-state index < -0.39 is 15.8 Å². The van der Waals surface area contributed by atoms with Crippen LogP contribution in [0.1, 0.15) is 11.4 Å². The van der Waals surface area contributed by atoms with Crippen LogP contribution in [0.15, 0.2) is 49.1 Å². The first kappa shape index (κ1) is 16.1. The van der Waals surface area contributed by atoms with E-state index in [1.807, 2.05) is 0 Å². The first-order chi connectivity index (χ1) is 11.4. The number of imidazole rings is 1. The molecule has 2 heterocycles. The van der Waals surface area contributed by atoms with Crippen LogP contribution in [0.4, 0.5) is 10.2 Å². The molecule has 3 aromatic rings. The number of hydrogen-bond donors (Lipinski definition) is 1. The molecule has 9 heteroatoms. The monoisotopic (exact) mass is 347 g/mol. The van der Waals surface area contributed by atoms with Crippen LogP contribution in [0.2, 0.25) is 0 Å². The van der Waals surface area contributed by atoms with Crippen molar-refractivity contribution in [2.75, 3.05) is 4.72 Å². The smallest absolute Gasteiger partial charge is 0.238 e. The number of aromatic nitrogens is 4. The first-order valence-electron chi connectivity index (χ1n) is 7.00. The molecule has 0 bridgehead atoms. The fourth-order valence-corrected chi connectivity index (χ4v) is 3.32. The number of hydrogen-bond acceptors (Lipinski definition) is 5. The molecule has 0 aliphatic rings. The van der Waals surface area contributed by atoms with Crippen molar-refractivity contribution in [3.63, 3.8) is 0 Å². The lowest BCUT2D eigenvalue weighted by molar-refractivity contribution is 0.599. The third-order valence-electron chi connectivity index (χ3n) is 3.23. The van der Waals surface area contributed by atoms with Crippen LogP contribution in [-0.4, -0.2) is 27.9 Å².